The fourth-order valence-corrected chi connectivity index (χ4v) is 5.72. The number of fused-ring (bicyclic) bond motifs is 3. The molecule has 1 atom stereocenters. The lowest BCUT2D eigenvalue weighted by Crippen LogP contribution is -2.32. The molecule has 0 saturated heterocycles. The summed E-state index contributed by atoms with van der Waals surface area (Å²) in [6.45, 7) is 8.29. The summed E-state index contributed by atoms with van der Waals surface area (Å²) < 4.78 is 12.4. The zero-order chi connectivity index (χ0) is 21.6. The van der Waals surface area contributed by atoms with Crippen LogP contribution < -0.4 is 5.56 Å². The van der Waals surface area contributed by atoms with E-state index in [2.05, 4.69) is 0 Å². The number of carbonyl (C=O) groups is 1. The molecule has 1 aliphatic rings. The summed E-state index contributed by atoms with van der Waals surface area (Å²) >= 11 is 2.73. The number of aromatic nitrogens is 2. The third-order valence-electron chi connectivity index (χ3n) is 5.15. The number of aryl methyl sites for hydroxylation is 1. The highest BCUT2D eigenvalue weighted by Gasteiger charge is 2.32. The van der Waals surface area contributed by atoms with Crippen LogP contribution in [0.1, 0.15) is 36.8 Å². The van der Waals surface area contributed by atoms with Crippen LogP contribution in [0.4, 0.5) is 0 Å². The van der Waals surface area contributed by atoms with E-state index in [1.54, 1.807) is 11.5 Å². The number of methoxy groups -OCH3 is 1. The highest BCUT2D eigenvalue weighted by Crippen LogP contribution is 2.38. The minimum absolute atomic E-state index is 0.111. The van der Waals surface area contributed by atoms with Crippen LogP contribution in [0.5, 0.6) is 0 Å². The molecule has 0 bridgehead atoms. The van der Waals surface area contributed by atoms with E-state index in [1.807, 2.05) is 45.0 Å². The van der Waals surface area contributed by atoms with Crippen molar-refractivity contribution in [1.82, 2.24) is 9.55 Å². The summed E-state index contributed by atoms with van der Waals surface area (Å²) in [5.74, 6) is -0.356. The van der Waals surface area contributed by atoms with Crippen molar-refractivity contribution in [2.75, 3.05) is 7.11 Å². The van der Waals surface area contributed by atoms with Crippen LogP contribution >= 0.6 is 23.1 Å². The molecule has 4 rings (SSSR count). The molecule has 0 radical (unpaired) electrons. The zero-order valence-electron chi connectivity index (χ0n) is 17.6. The van der Waals surface area contributed by atoms with Gasteiger partial charge in [-0.1, -0.05) is 23.9 Å². The van der Waals surface area contributed by atoms with Crippen LogP contribution in [0.3, 0.4) is 0 Å². The molecule has 0 aliphatic carbocycles. The van der Waals surface area contributed by atoms with Crippen molar-refractivity contribution in [2.45, 2.75) is 56.7 Å². The molecule has 0 unspecified atom stereocenters. The fraction of sp³-hybridized carbons (Fsp3) is 0.409. The predicted molar refractivity (Wildman–Crippen MR) is 120 cm³/mol. The van der Waals surface area contributed by atoms with E-state index < -0.39 is 5.25 Å². The monoisotopic (exact) mass is 444 g/mol. The highest BCUT2D eigenvalue weighted by molar-refractivity contribution is 8.00. The third kappa shape index (κ3) is 3.79. The van der Waals surface area contributed by atoms with Gasteiger partial charge in [-0.3, -0.25) is 14.2 Å². The molecule has 8 heteroatoms. The van der Waals surface area contributed by atoms with Gasteiger partial charge in [-0.2, -0.15) is 0 Å². The van der Waals surface area contributed by atoms with Gasteiger partial charge in [0, 0.05) is 11.3 Å². The quantitative estimate of drug-likeness (QED) is 0.340. The molecule has 6 nitrogen and oxygen atoms in total. The summed E-state index contributed by atoms with van der Waals surface area (Å²) in [7, 11) is 1.36. The largest absolute Gasteiger partial charge is 0.468 e. The van der Waals surface area contributed by atoms with Gasteiger partial charge in [-0.15, -0.1) is 11.3 Å². The van der Waals surface area contributed by atoms with Gasteiger partial charge >= 0.3 is 5.97 Å². The molecule has 3 aromatic rings. The number of rotatable bonds is 4. The number of thioether (sulfide) groups is 1. The Kier molecular flexibility index (Phi) is 5.50. The van der Waals surface area contributed by atoms with E-state index in [9.17, 15) is 9.59 Å². The SMILES string of the molecule is COC(=O)[C@H](C)Sc1nc2sc3c(c2c(=O)n1-c1cccc(C)c1)CC(C)(C)OC3. The Morgan fingerprint density at radius 2 is 2.17 bits per heavy atom. The Bertz CT molecular complexity index is 1200. The van der Waals surface area contributed by atoms with Crippen molar-refractivity contribution < 1.29 is 14.3 Å². The number of nitrogens with zero attached hydrogens (tertiary/aromatic N) is 2. The number of benzene rings is 1. The Morgan fingerprint density at radius 1 is 1.40 bits per heavy atom. The van der Waals surface area contributed by atoms with Crippen molar-refractivity contribution in [1.29, 1.82) is 0 Å². The van der Waals surface area contributed by atoms with Crippen LogP contribution in [0.15, 0.2) is 34.2 Å². The topological polar surface area (TPSA) is 70.4 Å². The van der Waals surface area contributed by atoms with Crippen LogP contribution in [-0.2, 0) is 27.3 Å². The first kappa shape index (κ1) is 21.1. The van der Waals surface area contributed by atoms with Crippen LogP contribution in [0, 0.1) is 6.92 Å². The molecule has 158 valence electrons. The molecule has 0 spiro atoms. The Hall–Kier alpha value is -2.16. The van der Waals surface area contributed by atoms with E-state index in [4.69, 9.17) is 14.5 Å². The third-order valence-corrected chi connectivity index (χ3v) is 7.28. The van der Waals surface area contributed by atoms with E-state index in [0.29, 0.717) is 28.4 Å². The Balaban J connectivity index is 1.97. The summed E-state index contributed by atoms with van der Waals surface area (Å²) in [6.07, 6.45) is 0.665. The van der Waals surface area contributed by atoms with Crippen molar-refractivity contribution >= 4 is 39.3 Å². The molecular weight excluding hydrogens is 420 g/mol. The number of hydrogen-bond acceptors (Lipinski definition) is 7. The number of hydrogen-bond donors (Lipinski definition) is 0. The standard InChI is InChI=1S/C22H24N2O4S2/c1-12-7-6-8-14(9-12)24-19(25)17-15-10-22(3,4)28-11-16(15)30-18(17)23-21(24)29-13(2)20(26)27-5/h6-9,13H,10-11H2,1-5H3/t13-/m0/s1. The molecule has 1 aliphatic heterocycles. The highest BCUT2D eigenvalue weighted by atomic mass is 32.2. The second kappa shape index (κ2) is 7.83. The average molecular weight is 445 g/mol. The van der Waals surface area contributed by atoms with Gasteiger partial charge in [0.1, 0.15) is 10.1 Å². The lowest BCUT2D eigenvalue weighted by atomic mass is 9.94. The molecule has 0 fully saturated rings. The number of esters is 1. The smallest absolute Gasteiger partial charge is 0.318 e. The number of thiophene rings is 1. The van der Waals surface area contributed by atoms with Crippen LogP contribution in [0.25, 0.3) is 15.9 Å². The summed E-state index contributed by atoms with van der Waals surface area (Å²) in [5, 5.41) is 0.644. The normalized spacial score (nSPS) is 16.3. The van der Waals surface area contributed by atoms with Gasteiger partial charge in [0.2, 0.25) is 0 Å². The predicted octanol–water partition coefficient (Wildman–Crippen LogP) is 4.26. The Morgan fingerprint density at radius 3 is 2.87 bits per heavy atom. The fourth-order valence-electron chi connectivity index (χ4n) is 3.62. The molecular formula is C22H24N2O4S2. The van der Waals surface area contributed by atoms with E-state index in [1.165, 1.54) is 30.2 Å². The maximum atomic E-state index is 13.8. The molecule has 1 aromatic carbocycles. The van der Waals surface area contributed by atoms with Gasteiger partial charge in [0.15, 0.2) is 5.16 Å². The van der Waals surface area contributed by atoms with Crippen molar-refractivity contribution in [3.05, 3.63) is 50.6 Å². The first-order valence-electron chi connectivity index (χ1n) is 9.73. The van der Waals surface area contributed by atoms with Gasteiger partial charge in [-0.25, -0.2) is 4.98 Å². The number of carbonyl (C=O) groups excluding carboxylic acids is 1. The molecule has 0 amide bonds. The molecule has 0 saturated carbocycles. The van der Waals surface area contributed by atoms with E-state index >= 15 is 0 Å². The number of ether oxygens (including phenoxy) is 2. The van der Waals surface area contributed by atoms with Crippen LogP contribution in [-0.4, -0.2) is 33.5 Å². The lowest BCUT2D eigenvalue weighted by molar-refractivity contribution is -0.139. The summed E-state index contributed by atoms with van der Waals surface area (Å²) in [5.41, 5.74) is 2.37. The molecule has 30 heavy (non-hydrogen) atoms. The van der Waals surface area contributed by atoms with E-state index in [0.717, 1.165) is 21.7 Å². The minimum atomic E-state index is -0.493. The Labute approximate surface area is 183 Å². The first-order chi connectivity index (χ1) is 14.2. The van der Waals surface area contributed by atoms with Crippen molar-refractivity contribution in [2.24, 2.45) is 0 Å². The average Bonchev–Trinajstić information content (AvgIpc) is 3.03. The van der Waals surface area contributed by atoms with Crippen molar-refractivity contribution in [3.63, 3.8) is 0 Å². The zero-order valence-corrected chi connectivity index (χ0v) is 19.3. The second-order valence-corrected chi connectivity index (χ2v) is 10.5. The lowest BCUT2D eigenvalue weighted by Gasteiger charge is -2.30. The molecule has 2 aromatic heterocycles. The maximum Gasteiger partial charge on any atom is 0.318 e. The van der Waals surface area contributed by atoms with Gasteiger partial charge in [0.05, 0.1) is 30.4 Å². The van der Waals surface area contributed by atoms with Gasteiger partial charge in [0.25, 0.3) is 5.56 Å². The maximum absolute atomic E-state index is 13.8. The minimum Gasteiger partial charge on any atom is -0.468 e. The van der Waals surface area contributed by atoms with Gasteiger partial charge < -0.3 is 9.47 Å². The first-order valence-corrected chi connectivity index (χ1v) is 11.4. The second-order valence-electron chi connectivity index (χ2n) is 8.07. The summed E-state index contributed by atoms with van der Waals surface area (Å²) in [4.78, 5) is 32.4. The molecule has 3 heterocycles. The summed E-state index contributed by atoms with van der Waals surface area (Å²) in [6, 6.07) is 7.74. The van der Waals surface area contributed by atoms with E-state index in [-0.39, 0.29) is 17.1 Å². The van der Waals surface area contributed by atoms with Crippen LogP contribution in [0.2, 0.25) is 0 Å². The van der Waals surface area contributed by atoms with Crippen molar-refractivity contribution in [3.8, 4) is 5.69 Å². The van der Waals surface area contributed by atoms with Gasteiger partial charge in [-0.05, 0) is 51.0 Å². The molecule has 0 N–H and O–H groups in total.